The molecule has 0 bridgehead atoms. The Morgan fingerprint density at radius 1 is 1.13 bits per heavy atom. The van der Waals surface area contributed by atoms with E-state index in [-0.39, 0.29) is 16.9 Å². The lowest BCUT2D eigenvalue weighted by atomic mass is 9.57. The van der Waals surface area contributed by atoms with E-state index >= 15 is 0 Å². The van der Waals surface area contributed by atoms with Crippen LogP contribution in [0, 0.1) is 23.7 Å². The van der Waals surface area contributed by atoms with Crippen LogP contribution in [0.1, 0.15) is 59.4 Å². The molecule has 3 unspecified atom stereocenters. The molecule has 0 aliphatic heterocycles. The predicted molar refractivity (Wildman–Crippen MR) is 99.8 cm³/mol. The summed E-state index contributed by atoms with van der Waals surface area (Å²) in [5, 5.41) is 3.75. The third-order valence-corrected chi connectivity index (χ3v) is 5.58. The summed E-state index contributed by atoms with van der Waals surface area (Å²) in [4.78, 5) is 0. The topological polar surface area (TPSA) is 21.3 Å². The molecule has 0 aromatic heterocycles. The summed E-state index contributed by atoms with van der Waals surface area (Å²) in [6, 6.07) is 9.13. The van der Waals surface area contributed by atoms with Crippen molar-refractivity contribution in [2.45, 2.75) is 66.0 Å². The molecule has 1 aliphatic carbocycles. The van der Waals surface area contributed by atoms with Gasteiger partial charge in [-0.3, -0.25) is 0 Å². The van der Waals surface area contributed by atoms with E-state index in [1.54, 1.807) is 0 Å². The van der Waals surface area contributed by atoms with Crippen molar-refractivity contribution >= 4 is 5.69 Å². The van der Waals surface area contributed by atoms with E-state index in [1.807, 2.05) is 7.11 Å². The molecule has 1 aromatic carbocycles. The van der Waals surface area contributed by atoms with Crippen molar-refractivity contribution < 1.29 is 4.74 Å². The molecule has 2 heteroatoms. The van der Waals surface area contributed by atoms with Gasteiger partial charge in [0.25, 0.3) is 0 Å². The fraction of sp³-hybridized carbons (Fsp3) is 0.667. The Hall–Kier alpha value is -1.02. The number of ether oxygens (including phenoxy) is 1. The molecule has 0 heterocycles. The second-order valence-electron chi connectivity index (χ2n) is 8.79. The van der Waals surface area contributed by atoms with Crippen molar-refractivity contribution in [2.24, 2.45) is 16.7 Å². The SMILES string of the molecule is [CH2]C1CC(C)(C)C(OC)C(C)(C)C1Nc1ccc(C(C)C)cc1. The molecule has 2 rings (SSSR count). The maximum atomic E-state index is 5.92. The molecule has 2 nitrogen and oxygen atoms in total. The minimum Gasteiger partial charge on any atom is -0.381 e. The molecular formula is C21H34NO. The normalized spacial score (nSPS) is 29.5. The summed E-state index contributed by atoms with van der Waals surface area (Å²) in [5.41, 5.74) is 2.71. The lowest BCUT2D eigenvalue weighted by Gasteiger charge is -2.55. The second kappa shape index (κ2) is 6.47. The number of hydrogen-bond donors (Lipinski definition) is 1. The van der Waals surface area contributed by atoms with E-state index in [0.717, 1.165) is 6.42 Å². The summed E-state index contributed by atoms with van der Waals surface area (Å²) in [7, 11) is 1.84. The third kappa shape index (κ3) is 3.57. The third-order valence-electron chi connectivity index (χ3n) is 5.58. The number of hydrogen-bond acceptors (Lipinski definition) is 2. The minimum absolute atomic E-state index is 0.0135. The molecule has 1 aromatic rings. The Labute approximate surface area is 143 Å². The zero-order chi connectivity index (χ0) is 17.4. The molecule has 1 saturated carbocycles. The Kier molecular flexibility index (Phi) is 5.15. The highest BCUT2D eigenvalue weighted by Crippen LogP contribution is 2.50. The van der Waals surface area contributed by atoms with Crippen molar-refractivity contribution in [2.75, 3.05) is 12.4 Å². The van der Waals surface area contributed by atoms with Crippen LogP contribution in [-0.4, -0.2) is 19.3 Å². The lowest BCUT2D eigenvalue weighted by Crippen LogP contribution is -2.59. The van der Waals surface area contributed by atoms with Gasteiger partial charge < -0.3 is 10.1 Å². The fourth-order valence-corrected chi connectivity index (χ4v) is 4.75. The zero-order valence-electron chi connectivity index (χ0n) is 15.9. The Morgan fingerprint density at radius 2 is 1.70 bits per heavy atom. The number of nitrogens with one attached hydrogen (secondary N) is 1. The maximum absolute atomic E-state index is 5.92. The fourth-order valence-electron chi connectivity index (χ4n) is 4.75. The smallest absolute Gasteiger partial charge is 0.0692 e. The van der Waals surface area contributed by atoms with Crippen molar-refractivity contribution in [3.8, 4) is 0 Å². The summed E-state index contributed by atoms with van der Waals surface area (Å²) >= 11 is 0. The molecule has 0 spiro atoms. The molecule has 1 N–H and O–H groups in total. The lowest BCUT2D eigenvalue weighted by molar-refractivity contribution is -0.117. The van der Waals surface area contributed by atoms with Gasteiger partial charge in [0, 0.05) is 24.3 Å². The van der Waals surface area contributed by atoms with E-state index in [2.05, 4.69) is 78.0 Å². The van der Waals surface area contributed by atoms with Crippen molar-refractivity contribution in [3.05, 3.63) is 36.8 Å². The van der Waals surface area contributed by atoms with Gasteiger partial charge in [0.1, 0.15) is 0 Å². The molecule has 0 amide bonds. The number of anilines is 1. The molecule has 3 atom stereocenters. The van der Waals surface area contributed by atoms with Gasteiger partial charge in [-0.1, -0.05) is 53.7 Å². The van der Waals surface area contributed by atoms with Gasteiger partial charge in [0.05, 0.1) is 6.10 Å². The first kappa shape index (κ1) is 18.3. The van der Waals surface area contributed by atoms with Gasteiger partial charge in [-0.25, -0.2) is 0 Å². The van der Waals surface area contributed by atoms with Crippen LogP contribution in [0.3, 0.4) is 0 Å². The van der Waals surface area contributed by atoms with Gasteiger partial charge in [-0.15, -0.1) is 0 Å². The molecule has 23 heavy (non-hydrogen) atoms. The summed E-state index contributed by atoms with van der Waals surface area (Å²) < 4.78 is 5.92. The van der Waals surface area contributed by atoms with Crippen molar-refractivity contribution in [3.63, 3.8) is 0 Å². The average molecular weight is 317 g/mol. The van der Waals surface area contributed by atoms with E-state index in [9.17, 15) is 0 Å². The van der Waals surface area contributed by atoms with E-state index in [1.165, 1.54) is 11.3 Å². The van der Waals surface area contributed by atoms with E-state index in [4.69, 9.17) is 4.74 Å². The van der Waals surface area contributed by atoms with Gasteiger partial charge >= 0.3 is 0 Å². The largest absolute Gasteiger partial charge is 0.381 e. The molecule has 1 radical (unpaired) electrons. The van der Waals surface area contributed by atoms with Gasteiger partial charge in [0.2, 0.25) is 0 Å². The molecule has 1 aliphatic rings. The van der Waals surface area contributed by atoms with E-state index in [0.29, 0.717) is 17.9 Å². The van der Waals surface area contributed by atoms with Crippen LogP contribution < -0.4 is 5.32 Å². The Balaban J connectivity index is 2.23. The first-order chi connectivity index (χ1) is 10.6. The van der Waals surface area contributed by atoms with Crippen molar-refractivity contribution in [1.82, 2.24) is 0 Å². The molecular weight excluding hydrogens is 282 g/mol. The van der Waals surface area contributed by atoms with Crippen LogP contribution in [0.2, 0.25) is 0 Å². The summed E-state index contributed by atoms with van der Waals surface area (Å²) in [5.74, 6) is 0.922. The quantitative estimate of drug-likeness (QED) is 0.790. The molecule has 1 fully saturated rings. The van der Waals surface area contributed by atoms with Crippen LogP contribution in [0.25, 0.3) is 0 Å². The minimum atomic E-state index is 0.0135. The zero-order valence-corrected chi connectivity index (χ0v) is 15.9. The Bertz CT molecular complexity index is 515. The van der Waals surface area contributed by atoms with Crippen LogP contribution in [-0.2, 0) is 4.74 Å². The molecule has 0 saturated heterocycles. The Morgan fingerprint density at radius 3 is 2.17 bits per heavy atom. The van der Waals surface area contributed by atoms with Gasteiger partial charge in [-0.05, 0) is 48.3 Å². The summed E-state index contributed by atoms with van der Waals surface area (Å²) in [6.07, 6.45) is 1.27. The number of methoxy groups -OCH3 is 1. The first-order valence-corrected chi connectivity index (χ1v) is 8.82. The van der Waals surface area contributed by atoms with Gasteiger partial charge in [-0.2, -0.15) is 0 Å². The summed E-state index contributed by atoms with van der Waals surface area (Å²) in [6.45, 7) is 18.1. The van der Waals surface area contributed by atoms with Crippen molar-refractivity contribution in [1.29, 1.82) is 0 Å². The van der Waals surface area contributed by atoms with Crippen LogP contribution in [0.15, 0.2) is 24.3 Å². The average Bonchev–Trinajstić information content (AvgIpc) is 2.43. The molecule has 129 valence electrons. The predicted octanol–water partition coefficient (Wildman–Crippen LogP) is 5.51. The highest BCUT2D eigenvalue weighted by atomic mass is 16.5. The standard InChI is InChI=1S/C21H34NO/c1-14(2)16-9-11-17(12-10-16)22-18-15(3)13-20(4,5)19(23-8)21(18,6)7/h9-12,14-15,18-19,22H,3,13H2,1-2,4-8H3. The van der Waals surface area contributed by atoms with E-state index < -0.39 is 0 Å². The van der Waals surface area contributed by atoms with Crippen LogP contribution in [0.5, 0.6) is 0 Å². The maximum Gasteiger partial charge on any atom is 0.0692 e. The number of benzene rings is 1. The highest BCUT2D eigenvalue weighted by Gasteiger charge is 2.52. The first-order valence-electron chi connectivity index (χ1n) is 8.82. The van der Waals surface area contributed by atoms with Crippen LogP contribution >= 0.6 is 0 Å². The van der Waals surface area contributed by atoms with Gasteiger partial charge in [0.15, 0.2) is 0 Å². The number of rotatable bonds is 4. The monoisotopic (exact) mass is 316 g/mol. The van der Waals surface area contributed by atoms with Crippen LogP contribution in [0.4, 0.5) is 5.69 Å². The highest BCUT2D eigenvalue weighted by molar-refractivity contribution is 5.47. The second-order valence-corrected chi connectivity index (χ2v) is 8.79.